The molecule has 0 spiro atoms. The van der Waals surface area contributed by atoms with Gasteiger partial charge in [-0.3, -0.25) is 4.79 Å². The van der Waals surface area contributed by atoms with E-state index in [1.165, 1.54) is 13.2 Å². The first-order valence-corrected chi connectivity index (χ1v) is 10.3. The second kappa shape index (κ2) is 10.5. The maximum absolute atomic E-state index is 12.8. The topological polar surface area (TPSA) is 71.3 Å². The number of hydrogen-bond donors (Lipinski definition) is 1. The highest BCUT2D eigenvalue weighted by Gasteiger charge is 2.15. The Kier molecular flexibility index (Phi) is 7.54. The van der Waals surface area contributed by atoms with Crippen molar-refractivity contribution in [1.29, 1.82) is 5.26 Å². The molecule has 162 valence electrons. The number of nitrogens with zero attached hydrogens (tertiary/aromatic N) is 1. The minimum Gasteiger partial charge on any atom is -0.493 e. The molecular weight excluding hydrogens is 424 g/mol. The summed E-state index contributed by atoms with van der Waals surface area (Å²) >= 11 is 5.94. The quantitative estimate of drug-likeness (QED) is 0.352. The highest BCUT2D eigenvalue weighted by molar-refractivity contribution is 6.30. The number of amides is 1. The van der Waals surface area contributed by atoms with Crippen molar-refractivity contribution in [1.82, 2.24) is 0 Å². The normalized spacial score (nSPS) is 10.9. The summed E-state index contributed by atoms with van der Waals surface area (Å²) in [4.78, 5) is 12.8. The molecule has 1 amide bonds. The minimum absolute atomic E-state index is 0.0467. The molecule has 0 fully saturated rings. The molecule has 3 aromatic carbocycles. The van der Waals surface area contributed by atoms with Crippen molar-refractivity contribution >= 4 is 29.3 Å². The van der Waals surface area contributed by atoms with Gasteiger partial charge >= 0.3 is 0 Å². The number of hydrogen-bond acceptors (Lipinski definition) is 4. The van der Waals surface area contributed by atoms with Gasteiger partial charge in [0.25, 0.3) is 5.91 Å². The van der Waals surface area contributed by atoms with E-state index in [-0.39, 0.29) is 12.2 Å². The van der Waals surface area contributed by atoms with Gasteiger partial charge in [0, 0.05) is 16.3 Å². The summed E-state index contributed by atoms with van der Waals surface area (Å²) in [6, 6.07) is 20.3. The van der Waals surface area contributed by atoms with E-state index in [2.05, 4.69) is 5.32 Å². The van der Waals surface area contributed by atoms with Crippen LogP contribution in [0.5, 0.6) is 11.5 Å². The number of nitriles is 1. The zero-order valence-electron chi connectivity index (χ0n) is 18.1. The number of benzene rings is 3. The number of ether oxygens (including phenoxy) is 2. The monoisotopic (exact) mass is 446 g/mol. The van der Waals surface area contributed by atoms with Crippen molar-refractivity contribution in [3.8, 4) is 17.6 Å². The van der Waals surface area contributed by atoms with Crippen LogP contribution in [0.3, 0.4) is 0 Å². The third kappa shape index (κ3) is 5.69. The third-order valence-corrected chi connectivity index (χ3v) is 5.07. The number of methoxy groups -OCH3 is 1. The van der Waals surface area contributed by atoms with E-state index in [4.69, 9.17) is 21.1 Å². The van der Waals surface area contributed by atoms with Crippen LogP contribution in [0.25, 0.3) is 6.08 Å². The highest BCUT2D eigenvalue weighted by atomic mass is 35.5. The summed E-state index contributed by atoms with van der Waals surface area (Å²) in [7, 11) is 1.54. The van der Waals surface area contributed by atoms with Crippen molar-refractivity contribution in [3.63, 3.8) is 0 Å². The lowest BCUT2D eigenvalue weighted by Crippen LogP contribution is -2.14. The lowest BCUT2D eigenvalue weighted by molar-refractivity contribution is -0.112. The molecule has 0 saturated carbocycles. The molecule has 6 heteroatoms. The number of para-hydroxylation sites is 1. The fraction of sp³-hybridized carbons (Fsp3) is 0.154. The van der Waals surface area contributed by atoms with Crippen LogP contribution in [0.1, 0.15) is 22.3 Å². The second-order valence-corrected chi connectivity index (χ2v) is 7.67. The lowest BCUT2D eigenvalue weighted by Gasteiger charge is -2.14. The van der Waals surface area contributed by atoms with E-state index in [0.29, 0.717) is 27.8 Å². The number of aryl methyl sites for hydroxylation is 2. The van der Waals surface area contributed by atoms with Gasteiger partial charge in [0.15, 0.2) is 11.5 Å². The van der Waals surface area contributed by atoms with Crippen molar-refractivity contribution in [2.24, 2.45) is 0 Å². The van der Waals surface area contributed by atoms with Crippen LogP contribution in [0, 0.1) is 25.2 Å². The van der Waals surface area contributed by atoms with Gasteiger partial charge in [-0.1, -0.05) is 53.6 Å². The Morgan fingerprint density at radius 2 is 1.88 bits per heavy atom. The van der Waals surface area contributed by atoms with Crippen LogP contribution in [0.15, 0.2) is 66.2 Å². The molecule has 0 aromatic heterocycles. The molecule has 0 radical (unpaired) electrons. The SMILES string of the molecule is COc1cccc(/C=C(/C#N)C(=O)Nc2ccc(C)cc2C)c1OCc1ccc(Cl)cc1. The van der Waals surface area contributed by atoms with Gasteiger partial charge in [-0.2, -0.15) is 5.26 Å². The summed E-state index contributed by atoms with van der Waals surface area (Å²) < 4.78 is 11.4. The Balaban J connectivity index is 1.88. The fourth-order valence-corrected chi connectivity index (χ4v) is 3.27. The van der Waals surface area contributed by atoms with Crippen molar-refractivity contribution < 1.29 is 14.3 Å². The Labute approximate surface area is 192 Å². The van der Waals surface area contributed by atoms with Crippen LogP contribution in [0.4, 0.5) is 5.69 Å². The van der Waals surface area contributed by atoms with Gasteiger partial charge in [-0.05, 0) is 55.3 Å². The zero-order valence-corrected chi connectivity index (χ0v) is 18.9. The number of carbonyl (C=O) groups is 1. The van der Waals surface area contributed by atoms with Gasteiger partial charge in [-0.25, -0.2) is 0 Å². The van der Waals surface area contributed by atoms with E-state index >= 15 is 0 Å². The number of rotatable bonds is 7. The average molecular weight is 447 g/mol. The Morgan fingerprint density at radius 1 is 1.12 bits per heavy atom. The van der Waals surface area contributed by atoms with Crippen LogP contribution in [-0.2, 0) is 11.4 Å². The smallest absolute Gasteiger partial charge is 0.266 e. The van der Waals surface area contributed by atoms with Gasteiger partial charge in [-0.15, -0.1) is 0 Å². The van der Waals surface area contributed by atoms with Gasteiger partial charge < -0.3 is 14.8 Å². The molecule has 1 N–H and O–H groups in total. The predicted octanol–water partition coefficient (Wildman–Crippen LogP) is 6.09. The molecule has 0 aliphatic carbocycles. The summed E-state index contributed by atoms with van der Waals surface area (Å²) in [5.74, 6) is 0.447. The van der Waals surface area contributed by atoms with Gasteiger partial charge in [0.05, 0.1) is 7.11 Å². The third-order valence-electron chi connectivity index (χ3n) is 4.82. The first-order chi connectivity index (χ1) is 15.4. The Morgan fingerprint density at radius 3 is 2.53 bits per heavy atom. The molecule has 0 bridgehead atoms. The lowest BCUT2D eigenvalue weighted by atomic mass is 10.1. The molecule has 0 aliphatic rings. The van der Waals surface area contributed by atoms with Crippen molar-refractivity contribution in [3.05, 3.63) is 93.5 Å². The maximum atomic E-state index is 12.8. The Hall–Kier alpha value is -3.75. The average Bonchev–Trinajstić information content (AvgIpc) is 2.79. The zero-order chi connectivity index (χ0) is 23.1. The summed E-state index contributed by atoms with van der Waals surface area (Å²) in [5, 5.41) is 13.1. The molecule has 3 aromatic rings. The fourth-order valence-electron chi connectivity index (χ4n) is 3.15. The van der Waals surface area contributed by atoms with Crippen molar-refractivity contribution in [2.75, 3.05) is 12.4 Å². The van der Waals surface area contributed by atoms with E-state index in [0.717, 1.165) is 16.7 Å². The number of nitrogens with one attached hydrogen (secondary N) is 1. The summed E-state index contributed by atoms with van der Waals surface area (Å²) in [5.41, 5.74) is 4.11. The Bertz CT molecular complexity index is 1190. The standard InChI is InChI=1S/C26H23ClN2O3/c1-17-7-12-23(18(2)13-17)29-26(30)21(15-28)14-20-5-4-6-24(31-3)25(20)32-16-19-8-10-22(27)11-9-19/h4-14H,16H2,1-3H3,(H,29,30)/b21-14-. The van der Waals surface area contributed by atoms with Crippen LogP contribution >= 0.6 is 11.6 Å². The molecule has 0 aliphatic heterocycles. The summed E-state index contributed by atoms with van der Waals surface area (Å²) in [6.45, 7) is 4.16. The van der Waals surface area contributed by atoms with E-state index in [1.807, 2.05) is 50.2 Å². The van der Waals surface area contributed by atoms with Crippen LogP contribution in [-0.4, -0.2) is 13.0 Å². The first kappa shape index (κ1) is 22.9. The number of anilines is 1. The molecule has 5 nitrogen and oxygen atoms in total. The molecule has 0 saturated heterocycles. The van der Waals surface area contributed by atoms with E-state index in [1.54, 1.807) is 30.3 Å². The molecule has 0 atom stereocenters. The number of halogens is 1. The highest BCUT2D eigenvalue weighted by Crippen LogP contribution is 2.33. The van der Waals surface area contributed by atoms with E-state index in [9.17, 15) is 10.1 Å². The van der Waals surface area contributed by atoms with E-state index < -0.39 is 5.91 Å². The molecule has 0 unspecified atom stereocenters. The van der Waals surface area contributed by atoms with Gasteiger partial charge in [0.1, 0.15) is 18.2 Å². The predicted molar refractivity (Wildman–Crippen MR) is 127 cm³/mol. The van der Waals surface area contributed by atoms with Gasteiger partial charge in [0.2, 0.25) is 0 Å². The van der Waals surface area contributed by atoms with Crippen LogP contribution in [0.2, 0.25) is 5.02 Å². The number of carbonyl (C=O) groups excluding carboxylic acids is 1. The molecular formula is C26H23ClN2O3. The van der Waals surface area contributed by atoms with Crippen LogP contribution < -0.4 is 14.8 Å². The molecule has 32 heavy (non-hydrogen) atoms. The molecule has 3 rings (SSSR count). The minimum atomic E-state index is -0.495. The maximum Gasteiger partial charge on any atom is 0.266 e. The van der Waals surface area contributed by atoms with Crippen molar-refractivity contribution in [2.45, 2.75) is 20.5 Å². The second-order valence-electron chi connectivity index (χ2n) is 7.24. The molecule has 0 heterocycles. The largest absolute Gasteiger partial charge is 0.493 e. The summed E-state index contributed by atoms with van der Waals surface area (Å²) in [6.07, 6.45) is 1.50. The first-order valence-electron chi connectivity index (χ1n) is 9.96.